The molecule has 0 bridgehead atoms. The molecule has 1 aromatic rings. The van der Waals surface area contributed by atoms with E-state index in [4.69, 9.17) is 0 Å². The Kier molecular flexibility index (Phi) is 4.24. The van der Waals surface area contributed by atoms with Gasteiger partial charge < -0.3 is 4.74 Å². The molecule has 1 rings (SSSR count). The molecule has 80 valence electrons. The van der Waals surface area contributed by atoms with Crippen LogP contribution in [0.4, 0.5) is 0 Å². The minimum atomic E-state index is -0.270. The van der Waals surface area contributed by atoms with E-state index in [-0.39, 0.29) is 18.2 Å². The summed E-state index contributed by atoms with van der Waals surface area (Å²) in [5.41, 5.74) is 0.939. The average molecular weight is 224 g/mol. The van der Waals surface area contributed by atoms with Crippen LogP contribution in [0.15, 0.2) is 17.5 Å². The monoisotopic (exact) mass is 224 g/mol. The van der Waals surface area contributed by atoms with E-state index in [2.05, 4.69) is 4.74 Å². The molecule has 0 aliphatic rings. The molecule has 1 heterocycles. The van der Waals surface area contributed by atoms with Crippen LogP contribution < -0.4 is 0 Å². The van der Waals surface area contributed by atoms with E-state index in [9.17, 15) is 9.59 Å². The van der Waals surface area contributed by atoms with Gasteiger partial charge in [-0.15, -0.1) is 11.3 Å². The second kappa shape index (κ2) is 5.46. The van der Waals surface area contributed by atoms with Crippen LogP contribution in [-0.2, 0) is 9.53 Å². The third-order valence-corrected chi connectivity index (χ3v) is 2.84. The van der Waals surface area contributed by atoms with Crippen molar-refractivity contribution in [2.75, 3.05) is 7.11 Å². The van der Waals surface area contributed by atoms with Crippen LogP contribution in [0.1, 0.15) is 28.6 Å². The number of thiophene rings is 1. The lowest BCUT2D eigenvalue weighted by molar-refractivity contribution is -0.139. The predicted molar refractivity (Wildman–Crippen MR) is 60.0 cm³/mol. The Hall–Kier alpha value is -1.42. The first-order valence-corrected chi connectivity index (χ1v) is 5.34. The van der Waals surface area contributed by atoms with Crippen LogP contribution >= 0.6 is 11.3 Å². The lowest BCUT2D eigenvalue weighted by Gasteiger charge is -1.91. The standard InChI is InChI=1S/C11H12O3S/c1-8(12)10-6-9(7-15-10)4-3-5-11(13)14-2/h3-4,6-7H,5H2,1-2H3. The average Bonchev–Trinajstić information content (AvgIpc) is 2.66. The fourth-order valence-corrected chi connectivity index (χ4v) is 1.78. The molecule has 0 spiro atoms. The summed E-state index contributed by atoms with van der Waals surface area (Å²) in [6, 6.07) is 1.81. The zero-order valence-corrected chi connectivity index (χ0v) is 9.47. The van der Waals surface area contributed by atoms with Crippen molar-refractivity contribution in [2.45, 2.75) is 13.3 Å². The molecule has 0 fully saturated rings. The molecule has 3 nitrogen and oxygen atoms in total. The number of esters is 1. The minimum absolute atomic E-state index is 0.0626. The second-order valence-electron chi connectivity index (χ2n) is 2.98. The number of carbonyl (C=O) groups excluding carboxylic acids is 2. The molecule has 4 heteroatoms. The summed E-state index contributed by atoms with van der Waals surface area (Å²) in [5.74, 6) is -0.208. The van der Waals surface area contributed by atoms with Crippen LogP contribution in [0.25, 0.3) is 6.08 Å². The van der Waals surface area contributed by atoms with E-state index < -0.39 is 0 Å². The number of ketones is 1. The van der Waals surface area contributed by atoms with E-state index in [1.807, 2.05) is 5.38 Å². The molecule has 1 aromatic heterocycles. The van der Waals surface area contributed by atoms with Crippen LogP contribution in [0.5, 0.6) is 0 Å². The molecule has 0 radical (unpaired) electrons. The number of Topliss-reactive ketones (excluding diaryl/α,β-unsaturated/α-hetero) is 1. The number of rotatable bonds is 4. The van der Waals surface area contributed by atoms with Gasteiger partial charge in [-0.1, -0.05) is 12.2 Å². The van der Waals surface area contributed by atoms with Gasteiger partial charge in [0.2, 0.25) is 0 Å². The summed E-state index contributed by atoms with van der Waals surface area (Å²) in [4.78, 5) is 22.5. The SMILES string of the molecule is COC(=O)CC=Cc1csc(C(C)=O)c1. The quantitative estimate of drug-likeness (QED) is 0.583. The van der Waals surface area contributed by atoms with Crippen LogP contribution in [-0.4, -0.2) is 18.9 Å². The summed E-state index contributed by atoms with van der Waals surface area (Å²) in [7, 11) is 1.36. The lowest BCUT2D eigenvalue weighted by atomic mass is 10.2. The van der Waals surface area contributed by atoms with Crippen LogP contribution in [0.2, 0.25) is 0 Å². The van der Waals surface area contributed by atoms with Gasteiger partial charge in [0.1, 0.15) is 0 Å². The molecule has 0 amide bonds. The maximum Gasteiger partial charge on any atom is 0.309 e. The molecule has 0 aliphatic heterocycles. The second-order valence-corrected chi connectivity index (χ2v) is 3.89. The van der Waals surface area contributed by atoms with Gasteiger partial charge >= 0.3 is 5.97 Å². The van der Waals surface area contributed by atoms with Gasteiger partial charge in [-0.25, -0.2) is 0 Å². The van der Waals surface area contributed by atoms with Crippen molar-refractivity contribution >= 4 is 29.2 Å². The van der Waals surface area contributed by atoms with E-state index in [1.165, 1.54) is 25.4 Å². The van der Waals surface area contributed by atoms with E-state index in [0.29, 0.717) is 0 Å². The fraction of sp³-hybridized carbons (Fsp3) is 0.273. The van der Waals surface area contributed by atoms with Gasteiger partial charge in [0, 0.05) is 0 Å². The molecule has 0 saturated heterocycles. The number of ether oxygens (including phenoxy) is 1. The molecular formula is C11H12O3S. The van der Waals surface area contributed by atoms with Crippen molar-refractivity contribution < 1.29 is 14.3 Å². The maximum atomic E-state index is 11.0. The van der Waals surface area contributed by atoms with Gasteiger partial charge in [0.05, 0.1) is 18.4 Å². The molecule has 0 aromatic carbocycles. The molecule has 0 unspecified atom stereocenters. The number of hydrogen-bond acceptors (Lipinski definition) is 4. The van der Waals surface area contributed by atoms with Crippen LogP contribution in [0, 0.1) is 0 Å². The largest absolute Gasteiger partial charge is 0.469 e. The Balaban J connectivity index is 2.57. The first kappa shape index (κ1) is 11.7. The van der Waals surface area contributed by atoms with Gasteiger partial charge in [0.15, 0.2) is 5.78 Å². The highest BCUT2D eigenvalue weighted by molar-refractivity contribution is 7.12. The van der Waals surface area contributed by atoms with Crippen molar-refractivity contribution in [3.8, 4) is 0 Å². The van der Waals surface area contributed by atoms with Gasteiger partial charge in [-0.05, 0) is 23.9 Å². The maximum absolute atomic E-state index is 11.0. The van der Waals surface area contributed by atoms with E-state index in [0.717, 1.165) is 10.4 Å². The van der Waals surface area contributed by atoms with Crippen LogP contribution in [0.3, 0.4) is 0 Å². The predicted octanol–water partition coefficient (Wildman–Crippen LogP) is 2.53. The number of hydrogen-bond donors (Lipinski definition) is 0. The Morgan fingerprint density at radius 1 is 1.53 bits per heavy atom. The Morgan fingerprint density at radius 3 is 2.80 bits per heavy atom. The van der Waals surface area contributed by atoms with E-state index >= 15 is 0 Å². The topological polar surface area (TPSA) is 43.4 Å². The highest BCUT2D eigenvalue weighted by Crippen LogP contribution is 2.16. The minimum Gasteiger partial charge on any atom is -0.469 e. The summed E-state index contributed by atoms with van der Waals surface area (Å²) >= 11 is 1.41. The fourth-order valence-electron chi connectivity index (χ4n) is 0.998. The summed E-state index contributed by atoms with van der Waals surface area (Å²) in [6.45, 7) is 1.54. The first-order valence-electron chi connectivity index (χ1n) is 4.46. The molecule has 0 aliphatic carbocycles. The molecule has 15 heavy (non-hydrogen) atoms. The summed E-state index contributed by atoms with van der Waals surface area (Å²) in [5, 5.41) is 1.88. The smallest absolute Gasteiger partial charge is 0.309 e. The molecular weight excluding hydrogens is 212 g/mol. The lowest BCUT2D eigenvalue weighted by Crippen LogP contribution is -1.96. The normalized spacial score (nSPS) is 10.5. The van der Waals surface area contributed by atoms with Crippen molar-refractivity contribution in [1.29, 1.82) is 0 Å². The Labute approximate surface area is 92.4 Å². The zero-order valence-electron chi connectivity index (χ0n) is 8.65. The first-order chi connectivity index (χ1) is 7.13. The molecule has 0 atom stereocenters. The van der Waals surface area contributed by atoms with E-state index in [1.54, 1.807) is 18.2 Å². The zero-order chi connectivity index (χ0) is 11.3. The van der Waals surface area contributed by atoms with Crippen molar-refractivity contribution in [2.24, 2.45) is 0 Å². The third-order valence-electron chi connectivity index (χ3n) is 1.79. The Morgan fingerprint density at radius 2 is 2.27 bits per heavy atom. The van der Waals surface area contributed by atoms with Crippen molar-refractivity contribution in [3.05, 3.63) is 28.0 Å². The van der Waals surface area contributed by atoms with Gasteiger partial charge in [-0.3, -0.25) is 9.59 Å². The number of methoxy groups -OCH3 is 1. The summed E-state index contributed by atoms with van der Waals surface area (Å²) in [6.07, 6.45) is 3.78. The van der Waals surface area contributed by atoms with Gasteiger partial charge in [0.25, 0.3) is 0 Å². The number of carbonyl (C=O) groups is 2. The highest BCUT2D eigenvalue weighted by atomic mass is 32.1. The molecule has 0 N–H and O–H groups in total. The Bertz CT molecular complexity index is 390. The third kappa shape index (κ3) is 3.67. The molecule has 0 saturated carbocycles. The van der Waals surface area contributed by atoms with Gasteiger partial charge in [-0.2, -0.15) is 0 Å². The summed E-state index contributed by atoms with van der Waals surface area (Å²) < 4.78 is 4.49. The van der Waals surface area contributed by atoms with Crippen molar-refractivity contribution in [3.63, 3.8) is 0 Å². The van der Waals surface area contributed by atoms with Crippen molar-refractivity contribution in [1.82, 2.24) is 0 Å². The highest BCUT2D eigenvalue weighted by Gasteiger charge is 2.01.